The maximum absolute atomic E-state index is 14.3. The van der Waals surface area contributed by atoms with Crippen LogP contribution in [0.25, 0.3) is 11.4 Å². The van der Waals surface area contributed by atoms with Crippen molar-refractivity contribution in [2.75, 3.05) is 13.2 Å². The van der Waals surface area contributed by atoms with Crippen LogP contribution in [0.15, 0.2) is 127 Å². The molecule has 14 heteroatoms. The molecule has 0 unspecified atom stereocenters. The van der Waals surface area contributed by atoms with Crippen LogP contribution < -0.4 is 9.13 Å². The fourth-order valence-electron chi connectivity index (χ4n) is 7.64. The number of hydrogen-bond acceptors (Lipinski definition) is 10. The highest BCUT2D eigenvalue weighted by atomic mass is 79.9. The van der Waals surface area contributed by atoms with E-state index >= 15 is 0 Å². The molecule has 0 spiro atoms. The highest BCUT2D eigenvalue weighted by molar-refractivity contribution is 9.10. The van der Waals surface area contributed by atoms with E-state index in [0.29, 0.717) is 43.5 Å². The molecule has 0 aliphatic heterocycles. The highest BCUT2D eigenvalue weighted by Gasteiger charge is 2.34. The number of pyridine rings is 2. The second kappa shape index (κ2) is 22.4. The van der Waals surface area contributed by atoms with E-state index in [1.165, 1.54) is 22.7 Å². The van der Waals surface area contributed by atoms with Crippen molar-refractivity contribution < 1.29 is 37.8 Å². The van der Waals surface area contributed by atoms with Crippen LogP contribution in [-0.4, -0.2) is 36.7 Å². The van der Waals surface area contributed by atoms with Gasteiger partial charge in [-0.1, -0.05) is 56.1 Å². The number of benzene rings is 3. The van der Waals surface area contributed by atoms with Crippen LogP contribution in [-0.2, 0) is 43.4 Å². The number of ether oxygens (including phenoxy) is 2. The summed E-state index contributed by atoms with van der Waals surface area (Å²) in [4.78, 5) is 56.1. The smallest absolute Gasteiger partial charge is 0.310 e. The summed E-state index contributed by atoms with van der Waals surface area (Å²) in [5, 5.41) is 0. The lowest BCUT2D eigenvalue weighted by Gasteiger charge is -2.08. The summed E-state index contributed by atoms with van der Waals surface area (Å²) >= 11 is 13.1. The first-order valence-corrected chi connectivity index (χ1v) is 26.5. The molecule has 338 valence electrons. The number of carbonyl (C=O) groups excluding carboxylic acids is 4. The number of nitrogens with zero attached hydrogens (tertiary/aromatic N) is 2. The third kappa shape index (κ3) is 12.1. The van der Waals surface area contributed by atoms with Crippen LogP contribution in [0.2, 0.25) is 0 Å². The molecule has 4 heterocycles. The van der Waals surface area contributed by atoms with E-state index in [4.69, 9.17) is 9.47 Å². The van der Waals surface area contributed by atoms with Gasteiger partial charge in [-0.3, -0.25) is 19.2 Å². The number of aromatic nitrogens is 2. The quantitative estimate of drug-likeness (QED) is 0.0363. The summed E-state index contributed by atoms with van der Waals surface area (Å²) in [6.07, 6.45) is 8.03. The minimum Gasteiger partial charge on any atom is -0.466 e. The van der Waals surface area contributed by atoms with Gasteiger partial charge in [0.1, 0.15) is 8.42 Å². The molecule has 0 saturated heterocycles. The second-order valence-electron chi connectivity index (χ2n) is 15.7. The van der Waals surface area contributed by atoms with Gasteiger partial charge in [0.05, 0.1) is 46.9 Å². The Morgan fingerprint density at radius 2 is 0.909 bits per heavy atom. The minimum absolute atomic E-state index is 0.0480. The summed E-state index contributed by atoms with van der Waals surface area (Å²) in [6.45, 7) is 12.2. The molecular weight excluding hydrogens is 1040 g/mol. The zero-order chi connectivity index (χ0) is 47.1. The molecule has 0 N–H and O–H groups in total. The fraction of sp³-hybridized carbons (Fsp3) is 0.231. The van der Waals surface area contributed by atoms with Crippen molar-refractivity contribution in [2.24, 2.45) is 0 Å². The van der Waals surface area contributed by atoms with E-state index in [2.05, 4.69) is 68.3 Å². The molecular formula is C52H48Br2N2O6S4+2. The number of carbonyl (C=O) groups is 4. The van der Waals surface area contributed by atoms with Crippen molar-refractivity contribution in [3.8, 4) is 11.4 Å². The van der Waals surface area contributed by atoms with Crippen LogP contribution in [0.3, 0.4) is 0 Å². The number of halogens is 2. The normalized spacial score (nSPS) is 11.2. The second-order valence-corrected chi connectivity index (χ2v) is 22.1. The molecule has 8 nitrogen and oxygen atoms in total. The number of aryl methyl sites for hydroxylation is 4. The van der Waals surface area contributed by atoms with Gasteiger partial charge in [-0.15, -0.1) is 46.2 Å². The highest BCUT2D eigenvalue weighted by Crippen LogP contribution is 2.42. The van der Waals surface area contributed by atoms with Gasteiger partial charge in [-0.25, -0.2) is 0 Å². The number of thiophene rings is 2. The maximum atomic E-state index is 14.3. The van der Waals surface area contributed by atoms with Gasteiger partial charge in [-0.2, -0.15) is 9.13 Å². The average molecular weight is 1090 g/mol. The van der Waals surface area contributed by atoms with E-state index in [-0.39, 0.29) is 37.6 Å². The van der Waals surface area contributed by atoms with E-state index in [1.54, 1.807) is 61.6 Å². The molecule has 0 amide bonds. The lowest BCUT2D eigenvalue weighted by atomic mass is 10.0. The van der Waals surface area contributed by atoms with Crippen molar-refractivity contribution >= 4 is 102 Å². The first-order chi connectivity index (χ1) is 31.7. The predicted octanol–water partition coefficient (Wildman–Crippen LogP) is 12.4. The maximum Gasteiger partial charge on any atom is 0.310 e. The summed E-state index contributed by atoms with van der Waals surface area (Å²) in [6, 6.07) is 27.2. The lowest BCUT2D eigenvalue weighted by molar-refractivity contribution is -0.599. The van der Waals surface area contributed by atoms with Crippen LogP contribution >= 0.6 is 78.1 Å². The number of rotatable bonds is 18. The molecule has 66 heavy (non-hydrogen) atoms. The van der Waals surface area contributed by atoms with Crippen molar-refractivity contribution in [2.45, 2.75) is 74.3 Å². The zero-order valence-corrected chi connectivity index (χ0v) is 43.8. The predicted molar refractivity (Wildman–Crippen MR) is 272 cm³/mol. The van der Waals surface area contributed by atoms with Crippen molar-refractivity contribution in [1.29, 1.82) is 0 Å². The standard InChI is InChI=1S/C52H48Br2N2O6S4/c1-7-61-43(57)23-41-45(55-25-31(3)20-32(4)26-55)51(65-49(41)47(59)37-12-16-39(53)17-13-37)63-29-35-10-9-11-36(22-35)30-64-52-46(56-27-33(5)21-34(6)28-56)42(24-44(58)62-8-2)50(66-52)48(60)38-14-18-40(54)19-15-38/h9-22,25-28H,7-8,23-24,29-30H2,1-6H3/q+2. The summed E-state index contributed by atoms with van der Waals surface area (Å²) in [5.41, 5.74) is 10.3. The monoisotopic (exact) mass is 1080 g/mol. The molecule has 7 rings (SSSR count). The van der Waals surface area contributed by atoms with Gasteiger partial charge < -0.3 is 9.47 Å². The Bertz CT molecular complexity index is 2710. The molecule has 3 aromatic carbocycles. The van der Waals surface area contributed by atoms with Crippen molar-refractivity contribution in [3.63, 3.8) is 0 Å². The Balaban J connectivity index is 1.24. The number of hydrogen-bond donors (Lipinski definition) is 0. The minimum atomic E-state index is -0.393. The SMILES string of the molecule is CCOC(=O)Cc1c(C(=O)c2ccc(Br)cc2)sc(SCc2cccc(CSc3sc(C(=O)c4ccc(Br)cc4)c(CC(=O)OCC)c3-[n+]3cc(C)cc(C)c3)c2)c1-[n+]1cc(C)cc(C)c1. The molecule has 0 radical (unpaired) electrons. The number of thioether (sulfide) groups is 2. The molecule has 0 aliphatic carbocycles. The van der Waals surface area contributed by atoms with E-state index in [1.807, 2.05) is 85.9 Å². The Morgan fingerprint density at radius 3 is 1.26 bits per heavy atom. The number of ketones is 2. The first kappa shape index (κ1) is 49.2. The zero-order valence-electron chi connectivity index (χ0n) is 37.4. The Hall–Kier alpha value is -4.70. The van der Waals surface area contributed by atoms with Gasteiger partial charge >= 0.3 is 11.9 Å². The lowest BCUT2D eigenvalue weighted by Crippen LogP contribution is -2.33. The molecule has 0 aliphatic rings. The van der Waals surface area contributed by atoms with Crippen LogP contribution in [0.5, 0.6) is 0 Å². The molecule has 0 saturated carbocycles. The molecule has 0 fully saturated rings. The Labute approximate surface area is 419 Å². The molecule has 0 atom stereocenters. The van der Waals surface area contributed by atoms with Gasteiger partial charge in [0.2, 0.25) is 22.9 Å². The Morgan fingerprint density at radius 1 is 0.545 bits per heavy atom. The van der Waals surface area contributed by atoms with E-state index in [9.17, 15) is 19.2 Å². The summed E-state index contributed by atoms with van der Waals surface area (Å²) in [7, 11) is 0. The number of esters is 2. The summed E-state index contributed by atoms with van der Waals surface area (Å²) < 4.78 is 18.5. The third-order valence-electron chi connectivity index (χ3n) is 10.3. The van der Waals surface area contributed by atoms with E-state index < -0.39 is 11.9 Å². The van der Waals surface area contributed by atoms with Gasteiger partial charge in [0, 0.05) is 53.8 Å². The molecule has 7 aromatic rings. The van der Waals surface area contributed by atoms with Crippen molar-refractivity contribution in [3.05, 3.63) is 184 Å². The average Bonchev–Trinajstić information content (AvgIpc) is 3.82. The Kier molecular flexibility index (Phi) is 16.7. The molecule has 4 aromatic heterocycles. The first-order valence-electron chi connectivity index (χ1n) is 21.3. The van der Waals surface area contributed by atoms with Gasteiger partial charge in [0.15, 0.2) is 24.8 Å². The topological polar surface area (TPSA) is 94.5 Å². The third-order valence-corrected chi connectivity index (χ3v) is 16.5. The fourth-order valence-corrected chi connectivity index (χ4v) is 13.2. The van der Waals surface area contributed by atoms with Gasteiger partial charge in [-0.05, 0) is 113 Å². The summed E-state index contributed by atoms with van der Waals surface area (Å²) in [5.74, 6) is 0.109. The largest absolute Gasteiger partial charge is 0.466 e. The van der Waals surface area contributed by atoms with Gasteiger partial charge in [0.25, 0.3) is 0 Å². The molecule has 0 bridgehead atoms. The van der Waals surface area contributed by atoms with Crippen molar-refractivity contribution in [1.82, 2.24) is 0 Å². The van der Waals surface area contributed by atoms with Crippen LogP contribution in [0.4, 0.5) is 0 Å². The van der Waals surface area contributed by atoms with E-state index in [0.717, 1.165) is 62.1 Å². The van der Waals surface area contributed by atoms with Crippen LogP contribution in [0.1, 0.15) is 88.8 Å². The van der Waals surface area contributed by atoms with Crippen LogP contribution in [0, 0.1) is 27.7 Å².